The van der Waals surface area contributed by atoms with Gasteiger partial charge in [0.05, 0.1) is 23.0 Å². The molecule has 3 heterocycles. The van der Waals surface area contributed by atoms with E-state index in [1.807, 2.05) is 13.0 Å². The zero-order valence-corrected chi connectivity index (χ0v) is 16.1. The van der Waals surface area contributed by atoms with Crippen molar-refractivity contribution in [3.05, 3.63) is 76.7 Å². The SMILES string of the molecule is Cc1ccncc1Cc1nc(C2(CN3C(=O)c4ccccc4C3=O)CCC2)no1. The largest absolute Gasteiger partial charge is 0.339 e. The Morgan fingerprint density at radius 2 is 1.83 bits per heavy atom. The maximum absolute atomic E-state index is 12.8. The molecule has 0 N–H and O–H groups in total. The van der Waals surface area contributed by atoms with E-state index in [0.29, 0.717) is 29.3 Å². The van der Waals surface area contributed by atoms with Crippen molar-refractivity contribution in [2.24, 2.45) is 0 Å². The number of fused-ring (bicyclic) bond motifs is 1. The Morgan fingerprint density at radius 3 is 2.45 bits per heavy atom. The topological polar surface area (TPSA) is 89.2 Å². The van der Waals surface area contributed by atoms with Crippen LogP contribution in [0, 0.1) is 6.92 Å². The van der Waals surface area contributed by atoms with Gasteiger partial charge in [-0.3, -0.25) is 19.5 Å². The summed E-state index contributed by atoms with van der Waals surface area (Å²) in [4.78, 5) is 35.7. The molecule has 7 nitrogen and oxygen atoms in total. The van der Waals surface area contributed by atoms with E-state index in [9.17, 15) is 9.59 Å². The number of carbonyl (C=O) groups excluding carboxylic acids is 2. The predicted molar refractivity (Wildman–Crippen MR) is 103 cm³/mol. The van der Waals surface area contributed by atoms with E-state index >= 15 is 0 Å². The van der Waals surface area contributed by atoms with Crippen molar-refractivity contribution in [3.63, 3.8) is 0 Å². The van der Waals surface area contributed by atoms with E-state index in [2.05, 4.69) is 15.1 Å². The standard InChI is InChI=1S/C22H20N4O3/c1-14-7-10-23-12-15(14)11-18-24-21(25-29-18)22(8-4-9-22)13-26-19(27)16-5-2-3-6-17(16)20(26)28/h2-3,5-7,10,12H,4,8-9,11,13H2,1H3. The molecule has 1 fully saturated rings. The molecule has 1 saturated carbocycles. The van der Waals surface area contributed by atoms with Crippen molar-refractivity contribution in [3.8, 4) is 0 Å². The lowest BCUT2D eigenvalue weighted by Crippen LogP contribution is -2.48. The van der Waals surface area contributed by atoms with Crippen molar-refractivity contribution >= 4 is 11.8 Å². The van der Waals surface area contributed by atoms with Crippen molar-refractivity contribution in [2.75, 3.05) is 6.54 Å². The molecule has 7 heteroatoms. The van der Waals surface area contributed by atoms with E-state index in [4.69, 9.17) is 4.52 Å². The zero-order chi connectivity index (χ0) is 20.0. The summed E-state index contributed by atoms with van der Waals surface area (Å²) in [7, 11) is 0. The third-order valence-electron chi connectivity index (χ3n) is 6.08. The molecule has 1 aromatic carbocycles. The maximum Gasteiger partial charge on any atom is 0.261 e. The summed E-state index contributed by atoms with van der Waals surface area (Å²) < 4.78 is 5.51. The second-order valence-electron chi connectivity index (χ2n) is 7.87. The third kappa shape index (κ3) is 2.85. The van der Waals surface area contributed by atoms with Crippen LogP contribution >= 0.6 is 0 Å². The highest BCUT2D eigenvalue weighted by Crippen LogP contribution is 2.44. The molecule has 1 aliphatic carbocycles. The van der Waals surface area contributed by atoms with Gasteiger partial charge in [0.1, 0.15) is 0 Å². The van der Waals surface area contributed by atoms with Crippen LogP contribution in [0.15, 0.2) is 47.2 Å². The molecule has 0 saturated heterocycles. The quantitative estimate of drug-likeness (QED) is 0.624. The highest BCUT2D eigenvalue weighted by atomic mass is 16.5. The van der Waals surface area contributed by atoms with Gasteiger partial charge in [-0.25, -0.2) is 0 Å². The van der Waals surface area contributed by atoms with Gasteiger partial charge in [-0.2, -0.15) is 4.98 Å². The molecular formula is C22H20N4O3. The third-order valence-corrected chi connectivity index (χ3v) is 6.08. The van der Waals surface area contributed by atoms with Crippen LogP contribution in [0.1, 0.15) is 62.8 Å². The lowest BCUT2D eigenvalue weighted by atomic mass is 9.67. The van der Waals surface area contributed by atoms with Crippen molar-refractivity contribution in [2.45, 2.75) is 38.0 Å². The number of hydrogen-bond acceptors (Lipinski definition) is 6. The van der Waals surface area contributed by atoms with Crippen molar-refractivity contribution in [1.29, 1.82) is 0 Å². The summed E-state index contributed by atoms with van der Waals surface area (Å²) in [5.74, 6) is 0.611. The van der Waals surface area contributed by atoms with Crippen LogP contribution in [-0.4, -0.2) is 38.4 Å². The summed E-state index contributed by atoms with van der Waals surface area (Å²) in [6.07, 6.45) is 6.72. The monoisotopic (exact) mass is 388 g/mol. The van der Waals surface area contributed by atoms with Crippen LogP contribution in [0.5, 0.6) is 0 Å². The Kier molecular flexibility index (Phi) is 4.04. The van der Waals surface area contributed by atoms with Gasteiger partial charge in [0.15, 0.2) is 5.82 Å². The van der Waals surface area contributed by atoms with E-state index in [-0.39, 0.29) is 18.4 Å². The molecule has 2 aliphatic rings. The predicted octanol–water partition coefficient (Wildman–Crippen LogP) is 3.08. The van der Waals surface area contributed by atoms with Gasteiger partial charge in [0.2, 0.25) is 5.89 Å². The first-order valence-corrected chi connectivity index (χ1v) is 9.75. The van der Waals surface area contributed by atoms with Gasteiger partial charge in [-0.1, -0.05) is 23.7 Å². The normalized spacial score (nSPS) is 17.3. The minimum Gasteiger partial charge on any atom is -0.339 e. The smallest absolute Gasteiger partial charge is 0.261 e. The Labute approximate surface area is 167 Å². The molecule has 29 heavy (non-hydrogen) atoms. The van der Waals surface area contributed by atoms with Crippen LogP contribution in [0.2, 0.25) is 0 Å². The average Bonchev–Trinajstić information content (AvgIpc) is 3.25. The minimum atomic E-state index is -0.431. The fourth-order valence-electron chi connectivity index (χ4n) is 4.13. The van der Waals surface area contributed by atoms with Gasteiger partial charge < -0.3 is 4.52 Å². The Bertz CT molecular complexity index is 1080. The first-order valence-electron chi connectivity index (χ1n) is 9.75. The van der Waals surface area contributed by atoms with Crippen LogP contribution < -0.4 is 0 Å². The van der Waals surface area contributed by atoms with E-state index in [1.54, 1.807) is 36.7 Å². The molecule has 146 valence electrons. The number of carbonyl (C=O) groups is 2. The highest BCUT2D eigenvalue weighted by Gasteiger charge is 2.48. The summed E-state index contributed by atoms with van der Waals surface area (Å²) in [5, 5.41) is 4.22. The number of pyridine rings is 1. The second-order valence-corrected chi connectivity index (χ2v) is 7.87. The van der Waals surface area contributed by atoms with Crippen LogP contribution in [0.3, 0.4) is 0 Å². The van der Waals surface area contributed by atoms with Crippen LogP contribution in [-0.2, 0) is 11.8 Å². The molecule has 3 aromatic rings. The Balaban J connectivity index is 1.39. The molecular weight excluding hydrogens is 368 g/mol. The number of aryl methyl sites for hydroxylation is 1. The zero-order valence-electron chi connectivity index (χ0n) is 16.1. The number of hydrogen-bond donors (Lipinski definition) is 0. The van der Waals surface area contributed by atoms with Gasteiger partial charge >= 0.3 is 0 Å². The van der Waals surface area contributed by atoms with Gasteiger partial charge in [-0.05, 0) is 49.1 Å². The molecule has 0 bridgehead atoms. The fraction of sp³-hybridized carbons (Fsp3) is 0.318. The maximum atomic E-state index is 12.8. The lowest BCUT2D eigenvalue weighted by Gasteiger charge is -2.41. The molecule has 0 spiro atoms. The van der Waals surface area contributed by atoms with E-state index in [0.717, 1.165) is 30.4 Å². The second kappa shape index (κ2) is 6.62. The fourth-order valence-corrected chi connectivity index (χ4v) is 4.13. The molecule has 0 radical (unpaired) electrons. The minimum absolute atomic E-state index is 0.244. The number of imide groups is 1. The number of nitrogens with zero attached hydrogens (tertiary/aromatic N) is 4. The van der Waals surface area contributed by atoms with Crippen LogP contribution in [0.25, 0.3) is 0 Å². The van der Waals surface area contributed by atoms with E-state index < -0.39 is 5.41 Å². The van der Waals surface area contributed by atoms with Gasteiger partial charge in [0, 0.05) is 18.9 Å². The molecule has 0 unspecified atom stereocenters. The molecule has 0 atom stereocenters. The molecule has 1 aliphatic heterocycles. The summed E-state index contributed by atoms with van der Waals surface area (Å²) in [6, 6.07) is 8.90. The average molecular weight is 388 g/mol. The van der Waals surface area contributed by atoms with Gasteiger partial charge in [-0.15, -0.1) is 0 Å². The number of benzene rings is 1. The Hall–Kier alpha value is -3.35. The molecule has 5 rings (SSSR count). The van der Waals surface area contributed by atoms with E-state index in [1.165, 1.54) is 4.90 Å². The number of rotatable bonds is 5. The number of amides is 2. The first-order chi connectivity index (χ1) is 14.1. The molecule has 2 aromatic heterocycles. The molecule has 2 amide bonds. The van der Waals surface area contributed by atoms with Crippen molar-refractivity contribution < 1.29 is 14.1 Å². The summed E-state index contributed by atoms with van der Waals surface area (Å²) in [5.41, 5.74) is 2.65. The first kappa shape index (κ1) is 17.7. The van der Waals surface area contributed by atoms with Gasteiger partial charge in [0.25, 0.3) is 11.8 Å². The highest BCUT2D eigenvalue weighted by molar-refractivity contribution is 6.21. The van der Waals surface area contributed by atoms with Crippen LogP contribution in [0.4, 0.5) is 0 Å². The van der Waals surface area contributed by atoms with Crippen molar-refractivity contribution in [1.82, 2.24) is 20.0 Å². The number of aromatic nitrogens is 3. The summed E-state index contributed by atoms with van der Waals surface area (Å²) >= 11 is 0. The summed E-state index contributed by atoms with van der Waals surface area (Å²) in [6.45, 7) is 2.30. The lowest BCUT2D eigenvalue weighted by molar-refractivity contribution is 0.0555. The Morgan fingerprint density at radius 1 is 1.10 bits per heavy atom.